The van der Waals surface area contributed by atoms with Gasteiger partial charge in [0.2, 0.25) is 6.79 Å². The van der Waals surface area contributed by atoms with Crippen molar-refractivity contribution in [1.82, 2.24) is 15.1 Å². The van der Waals surface area contributed by atoms with E-state index in [1.165, 1.54) is 0 Å². The van der Waals surface area contributed by atoms with Gasteiger partial charge in [0.25, 0.3) is 0 Å². The molecule has 154 valence electrons. The molecule has 1 atom stereocenters. The van der Waals surface area contributed by atoms with Crippen molar-refractivity contribution < 1.29 is 14.3 Å². The number of rotatable bonds is 5. The van der Waals surface area contributed by atoms with E-state index in [1.807, 2.05) is 43.3 Å². The van der Waals surface area contributed by atoms with Gasteiger partial charge in [-0.1, -0.05) is 18.2 Å². The van der Waals surface area contributed by atoms with Crippen molar-refractivity contribution in [2.75, 3.05) is 51.9 Å². The van der Waals surface area contributed by atoms with Gasteiger partial charge in [-0.25, -0.2) is 4.79 Å². The molecule has 2 N–H and O–H groups in total. The Morgan fingerprint density at radius 3 is 2.66 bits per heavy atom. The number of aryl methyl sites for hydroxylation is 1. The van der Waals surface area contributed by atoms with Crippen LogP contribution in [0.4, 0.5) is 10.5 Å². The Hall–Kier alpha value is -2.77. The summed E-state index contributed by atoms with van der Waals surface area (Å²) in [5.41, 5.74) is 3.02. The molecule has 7 heteroatoms. The standard InChI is InChI=1S/C22H28N4O3/c1-16-4-3-5-18(12-16)24-22(27)23-14-19(26-10-8-25(2)9-11-26)17-6-7-20-21(13-17)29-15-28-20/h3-7,12-13,19H,8-11,14-15H2,1-2H3,(H2,23,24,27)/t19-/m0/s1. The van der Waals surface area contributed by atoms with Crippen LogP contribution in [-0.2, 0) is 0 Å². The molecule has 2 amide bonds. The molecule has 0 unspecified atom stereocenters. The lowest BCUT2D eigenvalue weighted by Gasteiger charge is -2.38. The number of nitrogens with one attached hydrogen (secondary N) is 2. The van der Waals surface area contributed by atoms with Gasteiger partial charge in [-0.05, 0) is 49.4 Å². The van der Waals surface area contributed by atoms with E-state index in [1.54, 1.807) is 0 Å². The van der Waals surface area contributed by atoms with Crippen molar-refractivity contribution in [3.63, 3.8) is 0 Å². The first-order chi connectivity index (χ1) is 14.1. The lowest BCUT2D eigenvalue weighted by atomic mass is 10.0. The molecule has 0 aromatic heterocycles. The van der Waals surface area contributed by atoms with Crippen molar-refractivity contribution in [3.05, 3.63) is 53.6 Å². The van der Waals surface area contributed by atoms with Gasteiger partial charge in [0.1, 0.15) is 0 Å². The minimum absolute atomic E-state index is 0.0708. The van der Waals surface area contributed by atoms with E-state index < -0.39 is 0 Å². The first kappa shape index (κ1) is 19.5. The van der Waals surface area contributed by atoms with Gasteiger partial charge in [-0.3, -0.25) is 4.90 Å². The smallest absolute Gasteiger partial charge is 0.319 e. The summed E-state index contributed by atoms with van der Waals surface area (Å²) in [6, 6.07) is 13.7. The zero-order chi connectivity index (χ0) is 20.2. The summed E-state index contributed by atoms with van der Waals surface area (Å²) in [5.74, 6) is 1.54. The summed E-state index contributed by atoms with van der Waals surface area (Å²) in [5, 5.41) is 5.97. The molecule has 7 nitrogen and oxygen atoms in total. The summed E-state index contributed by atoms with van der Waals surface area (Å²) in [7, 11) is 2.14. The predicted octanol–water partition coefficient (Wildman–Crippen LogP) is 2.83. The van der Waals surface area contributed by atoms with Crippen LogP contribution in [0.3, 0.4) is 0 Å². The van der Waals surface area contributed by atoms with Crippen molar-refractivity contribution >= 4 is 11.7 Å². The quantitative estimate of drug-likeness (QED) is 0.814. The van der Waals surface area contributed by atoms with Gasteiger partial charge in [-0.15, -0.1) is 0 Å². The van der Waals surface area contributed by atoms with E-state index >= 15 is 0 Å². The number of hydrogen-bond donors (Lipinski definition) is 2. The second-order valence-electron chi connectivity index (χ2n) is 7.67. The molecule has 29 heavy (non-hydrogen) atoms. The van der Waals surface area contributed by atoms with Crippen LogP contribution in [0.15, 0.2) is 42.5 Å². The number of likely N-dealkylation sites (N-methyl/N-ethyl adjacent to an activating group) is 1. The third-order valence-corrected chi connectivity index (χ3v) is 5.49. The maximum atomic E-state index is 12.5. The van der Waals surface area contributed by atoms with Crippen LogP contribution in [0, 0.1) is 6.92 Å². The summed E-state index contributed by atoms with van der Waals surface area (Å²) in [6.45, 7) is 6.71. The van der Waals surface area contributed by atoms with E-state index in [9.17, 15) is 4.79 Å². The molecule has 2 aromatic carbocycles. The van der Waals surface area contributed by atoms with Gasteiger partial charge >= 0.3 is 6.03 Å². The molecule has 0 spiro atoms. The Bertz CT molecular complexity index is 865. The second kappa shape index (κ2) is 8.71. The topological polar surface area (TPSA) is 66.1 Å². The van der Waals surface area contributed by atoms with E-state index in [2.05, 4.69) is 33.5 Å². The number of piperazine rings is 1. The van der Waals surface area contributed by atoms with E-state index in [4.69, 9.17) is 9.47 Å². The van der Waals surface area contributed by atoms with Crippen LogP contribution in [0.2, 0.25) is 0 Å². The molecular weight excluding hydrogens is 368 g/mol. The number of urea groups is 1. The molecule has 0 aliphatic carbocycles. The minimum Gasteiger partial charge on any atom is -0.454 e. The Morgan fingerprint density at radius 1 is 1.07 bits per heavy atom. The molecule has 1 saturated heterocycles. The largest absolute Gasteiger partial charge is 0.454 e. The predicted molar refractivity (Wildman–Crippen MR) is 113 cm³/mol. The van der Waals surface area contributed by atoms with Crippen molar-refractivity contribution in [2.24, 2.45) is 0 Å². The van der Waals surface area contributed by atoms with Crippen molar-refractivity contribution in [2.45, 2.75) is 13.0 Å². The molecule has 2 heterocycles. The average molecular weight is 396 g/mol. The molecular formula is C22H28N4O3. The van der Waals surface area contributed by atoms with Gasteiger partial charge in [-0.2, -0.15) is 0 Å². The van der Waals surface area contributed by atoms with Crippen molar-refractivity contribution in [1.29, 1.82) is 0 Å². The monoisotopic (exact) mass is 396 g/mol. The third kappa shape index (κ3) is 4.81. The number of carbonyl (C=O) groups is 1. The lowest BCUT2D eigenvalue weighted by molar-refractivity contribution is 0.111. The number of carbonyl (C=O) groups excluding carboxylic acids is 1. The Labute approximate surface area is 171 Å². The first-order valence-electron chi connectivity index (χ1n) is 10.0. The fourth-order valence-corrected chi connectivity index (χ4v) is 3.80. The number of hydrogen-bond acceptors (Lipinski definition) is 5. The van der Waals surface area contributed by atoms with Gasteiger partial charge < -0.3 is 25.0 Å². The highest BCUT2D eigenvalue weighted by molar-refractivity contribution is 5.89. The number of anilines is 1. The minimum atomic E-state index is -0.199. The SMILES string of the molecule is Cc1cccc(NC(=O)NC[C@@H](c2ccc3c(c2)OCO3)N2CCN(C)CC2)c1. The van der Waals surface area contributed by atoms with Gasteiger partial charge in [0.15, 0.2) is 11.5 Å². The molecule has 4 rings (SSSR count). The number of benzene rings is 2. The maximum Gasteiger partial charge on any atom is 0.319 e. The van der Waals surface area contributed by atoms with E-state index in [-0.39, 0.29) is 18.9 Å². The molecule has 0 radical (unpaired) electrons. The summed E-state index contributed by atoms with van der Waals surface area (Å²) in [4.78, 5) is 17.2. The third-order valence-electron chi connectivity index (χ3n) is 5.49. The molecule has 2 aliphatic rings. The Balaban J connectivity index is 1.46. The van der Waals surface area contributed by atoms with Crippen LogP contribution < -0.4 is 20.1 Å². The van der Waals surface area contributed by atoms with E-state index in [0.717, 1.165) is 54.5 Å². The van der Waals surface area contributed by atoms with Gasteiger partial charge in [0.05, 0.1) is 6.04 Å². The fraction of sp³-hybridized carbons (Fsp3) is 0.409. The number of ether oxygens (including phenoxy) is 2. The van der Waals surface area contributed by atoms with Crippen LogP contribution in [-0.4, -0.2) is 62.4 Å². The maximum absolute atomic E-state index is 12.5. The normalized spacial score (nSPS) is 17.7. The van der Waals surface area contributed by atoms with Crippen LogP contribution in [0.5, 0.6) is 11.5 Å². The zero-order valence-electron chi connectivity index (χ0n) is 17.0. The lowest BCUT2D eigenvalue weighted by Crippen LogP contribution is -2.48. The molecule has 1 fully saturated rings. The molecule has 2 aliphatic heterocycles. The fourth-order valence-electron chi connectivity index (χ4n) is 3.80. The molecule has 2 aromatic rings. The highest BCUT2D eigenvalue weighted by Gasteiger charge is 2.26. The molecule has 0 bridgehead atoms. The first-order valence-corrected chi connectivity index (χ1v) is 10.0. The highest BCUT2D eigenvalue weighted by Crippen LogP contribution is 2.35. The van der Waals surface area contributed by atoms with E-state index in [0.29, 0.717) is 6.54 Å². The summed E-state index contributed by atoms with van der Waals surface area (Å²) >= 11 is 0. The number of nitrogens with zero attached hydrogens (tertiary/aromatic N) is 2. The number of fused-ring (bicyclic) bond motifs is 1. The highest BCUT2D eigenvalue weighted by atomic mass is 16.7. The van der Waals surface area contributed by atoms with Crippen LogP contribution in [0.1, 0.15) is 17.2 Å². The Kier molecular flexibility index (Phi) is 5.87. The summed E-state index contributed by atoms with van der Waals surface area (Å²) in [6.07, 6.45) is 0. The Morgan fingerprint density at radius 2 is 1.86 bits per heavy atom. The average Bonchev–Trinajstić information content (AvgIpc) is 3.17. The second-order valence-corrected chi connectivity index (χ2v) is 7.67. The molecule has 0 saturated carbocycles. The van der Waals surface area contributed by atoms with Crippen LogP contribution >= 0.6 is 0 Å². The van der Waals surface area contributed by atoms with Crippen LogP contribution in [0.25, 0.3) is 0 Å². The number of amides is 2. The van der Waals surface area contributed by atoms with Gasteiger partial charge in [0, 0.05) is 38.4 Å². The zero-order valence-corrected chi connectivity index (χ0v) is 17.0. The van der Waals surface area contributed by atoms with Crippen molar-refractivity contribution in [3.8, 4) is 11.5 Å². The summed E-state index contributed by atoms with van der Waals surface area (Å²) < 4.78 is 11.0.